The van der Waals surface area contributed by atoms with E-state index in [9.17, 15) is 5.11 Å². The van der Waals surface area contributed by atoms with Crippen molar-refractivity contribution in [2.45, 2.75) is 63.9 Å². The Morgan fingerprint density at radius 1 is 1.39 bits per heavy atom. The van der Waals surface area contributed by atoms with Gasteiger partial charge in [-0.1, -0.05) is 23.7 Å². The lowest BCUT2D eigenvalue weighted by Gasteiger charge is -2.27. The van der Waals surface area contributed by atoms with Crippen LogP contribution in [0.2, 0.25) is 5.02 Å². The molecule has 0 radical (unpaired) electrons. The summed E-state index contributed by atoms with van der Waals surface area (Å²) >= 11 is 9.67. The molecule has 0 bridgehead atoms. The van der Waals surface area contributed by atoms with E-state index in [1.165, 1.54) is 0 Å². The Labute approximate surface area is 148 Å². The SMILES string of the molecule is C[C@@H](O)[C@H]1O[C@@H]2OC(C)(C)O[C@@H]2[C@H]1OCc1cccc(Br)c1Cl. The van der Waals surface area contributed by atoms with Gasteiger partial charge >= 0.3 is 0 Å². The third kappa shape index (κ3) is 3.58. The Morgan fingerprint density at radius 3 is 2.83 bits per heavy atom. The van der Waals surface area contributed by atoms with Crippen LogP contribution in [-0.4, -0.2) is 41.6 Å². The van der Waals surface area contributed by atoms with Gasteiger partial charge in [-0.3, -0.25) is 0 Å². The molecule has 2 aliphatic heterocycles. The Bertz CT molecular complexity index is 580. The van der Waals surface area contributed by atoms with Crippen molar-refractivity contribution in [1.82, 2.24) is 0 Å². The first kappa shape index (κ1) is 17.6. The molecule has 0 aliphatic carbocycles. The lowest BCUT2D eigenvalue weighted by Crippen LogP contribution is -2.41. The number of ether oxygens (including phenoxy) is 4. The molecular formula is C16H20BrClO5. The maximum Gasteiger partial charge on any atom is 0.190 e. The zero-order chi connectivity index (χ0) is 16.8. The molecular weight excluding hydrogens is 388 g/mol. The number of aliphatic hydroxyl groups is 1. The third-order valence-corrected chi connectivity index (χ3v) is 5.30. The van der Waals surface area contributed by atoms with Crippen molar-refractivity contribution in [3.63, 3.8) is 0 Å². The minimum absolute atomic E-state index is 0.294. The zero-order valence-electron chi connectivity index (χ0n) is 13.2. The van der Waals surface area contributed by atoms with Crippen molar-refractivity contribution < 1.29 is 24.1 Å². The number of hydrogen-bond acceptors (Lipinski definition) is 5. The minimum Gasteiger partial charge on any atom is -0.391 e. The normalized spacial score (nSPS) is 33.7. The lowest BCUT2D eigenvalue weighted by atomic mass is 10.1. The van der Waals surface area contributed by atoms with Crippen LogP contribution >= 0.6 is 27.5 Å². The van der Waals surface area contributed by atoms with E-state index in [0.29, 0.717) is 11.6 Å². The van der Waals surface area contributed by atoms with Crippen LogP contribution in [0.1, 0.15) is 26.3 Å². The predicted molar refractivity (Wildman–Crippen MR) is 88.1 cm³/mol. The summed E-state index contributed by atoms with van der Waals surface area (Å²) in [5.74, 6) is -0.728. The largest absolute Gasteiger partial charge is 0.391 e. The molecule has 0 aromatic heterocycles. The van der Waals surface area contributed by atoms with Crippen LogP contribution in [-0.2, 0) is 25.6 Å². The zero-order valence-corrected chi connectivity index (χ0v) is 15.5. The van der Waals surface area contributed by atoms with Gasteiger partial charge in [0.1, 0.15) is 18.3 Å². The van der Waals surface area contributed by atoms with Gasteiger partial charge in [-0.25, -0.2) is 0 Å². The number of aliphatic hydroxyl groups excluding tert-OH is 1. The van der Waals surface area contributed by atoms with Crippen LogP contribution in [0.15, 0.2) is 22.7 Å². The van der Waals surface area contributed by atoms with Crippen LogP contribution in [0.5, 0.6) is 0 Å². The maximum atomic E-state index is 9.95. The highest BCUT2D eigenvalue weighted by Gasteiger charge is 2.56. The van der Waals surface area contributed by atoms with Crippen LogP contribution in [0.3, 0.4) is 0 Å². The first-order chi connectivity index (χ1) is 10.8. The summed E-state index contributed by atoms with van der Waals surface area (Å²) in [6, 6.07) is 5.66. The van der Waals surface area contributed by atoms with E-state index >= 15 is 0 Å². The Kier molecular flexibility index (Phi) is 5.05. The molecule has 0 unspecified atom stereocenters. The Morgan fingerprint density at radius 2 is 2.13 bits per heavy atom. The highest BCUT2D eigenvalue weighted by atomic mass is 79.9. The molecule has 5 nitrogen and oxygen atoms in total. The van der Waals surface area contributed by atoms with Crippen LogP contribution in [0, 0.1) is 0 Å². The summed E-state index contributed by atoms with van der Waals surface area (Å²) in [5.41, 5.74) is 0.854. The van der Waals surface area contributed by atoms with E-state index in [4.69, 9.17) is 30.5 Å². The maximum absolute atomic E-state index is 9.95. The average Bonchev–Trinajstić information content (AvgIpc) is 2.93. The summed E-state index contributed by atoms with van der Waals surface area (Å²) in [7, 11) is 0. The topological polar surface area (TPSA) is 57.2 Å². The number of hydrogen-bond donors (Lipinski definition) is 1. The van der Waals surface area contributed by atoms with Crippen molar-refractivity contribution in [2.24, 2.45) is 0 Å². The molecule has 1 aromatic rings. The molecule has 1 N–H and O–H groups in total. The van der Waals surface area contributed by atoms with E-state index in [1.807, 2.05) is 32.0 Å². The summed E-state index contributed by atoms with van der Waals surface area (Å²) < 4.78 is 24.2. The Hall–Kier alpha value is -0.210. The molecule has 0 saturated carbocycles. The first-order valence-electron chi connectivity index (χ1n) is 7.52. The van der Waals surface area contributed by atoms with Crippen molar-refractivity contribution in [1.29, 1.82) is 0 Å². The average molecular weight is 408 g/mol. The van der Waals surface area contributed by atoms with Gasteiger partial charge in [-0.2, -0.15) is 0 Å². The molecule has 2 aliphatic rings. The highest BCUT2D eigenvalue weighted by Crippen LogP contribution is 2.40. The molecule has 7 heteroatoms. The molecule has 2 heterocycles. The lowest BCUT2D eigenvalue weighted by molar-refractivity contribution is -0.229. The molecule has 1 aromatic carbocycles. The number of halogens is 2. The molecule has 0 spiro atoms. The second kappa shape index (κ2) is 6.59. The molecule has 2 fully saturated rings. The fourth-order valence-corrected chi connectivity index (χ4v) is 3.52. The van der Waals surface area contributed by atoms with Crippen LogP contribution in [0.25, 0.3) is 0 Å². The van der Waals surface area contributed by atoms with Gasteiger partial charge in [-0.15, -0.1) is 0 Å². The molecule has 128 valence electrons. The van der Waals surface area contributed by atoms with Crippen LogP contribution < -0.4 is 0 Å². The number of rotatable bonds is 4. The molecule has 23 heavy (non-hydrogen) atoms. The van der Waals surface area contributed by atoms with Gasteiger partial charge in [0.2, 0.25) is 0 Å². The standard InChI is InChI=1S/C16H20BrClO5/c1-8(19)12-13(14-15(21-12)23-16(2,3)22-14)20-7-9-5-4-6-10(17)11(9)18/h4-6,8,12-15,19H,7H2,1-3H3/t8-,12-,13+,14-,15-/m1/s1. The quantitative estimate of drug-likeness (QED) is 0.830. The predicted octanol–water partition coefficient (Wildman–Crippen LogP) is 3.24. The van der Waals surface area contributed by atoms with Crippen LogP contribution in [0.4, 0.5) is 0 Å². The number of fused-ring (bicyclic) bond motifs is 1. The summed E-state index contributed by atoms with van der Waals surface area (Å²) in [4.78, 5) is 0. The van der Waals surface area contributed by atoms with Gasteiger partial charge in [-0.05, 0) is 48.3 Å². The van der Waals surface area contributed by atoms with E-state index in [0.717, 1.165) is 10.0 Å². The van der Waals surface area contributed by atoms with Crippen molar-refractivity contribution in [3.8, 4) is 0 Å². The number of benzene rings is 1. The monoisotopic (exact) mass is 406 g/mol. The Balaban J connectivity index is 1.74. The van der Waals surface area contributed by atoms with Gasteiger partial charge in [0, 0.05) is 4.47 Å². The second-order valence-corrected chi connectivity index (χ2v) is 7.53. The van der Waals surface area contributed by atoms with E-state index in [1.54, 1.807) is 6.92 Å². The fourth-order valence-electron chi connectivity index (χ4n) is 2.93. The molecule has 5 atom stereocenters. The van der Waals surface area contributed by atoms with E-state index < -0.39 is 30.4 Å². The molecule has 2 saturated heterocycles. The van der Waals surface area contributed by atoms with Crippen molar-refractivity contribution in [2.75, 3.05) is 0 Å². The fraction of sp³-hybridized carbons (Fsp3) is 0.625. The smallest absolute Gasteiger partial charge is 0.190 e. The second-order valence-electron chi connectivity index (χ2n) is 6.30. The third-order valence-electron chi connectivity index (χ3n) is 3.97. The van der Waals surface area contributed by atoms with E-state index in [-0.39, 0.29) is 6.10 Å². The van der Waals surface area contributed by atoms with Gasteiger partial charge < -0.3 is 24.1 Å². The van der Waals surface area contributed by atoms with E-state index in [2.05, 4.69) is 15.9 Å². The van der Waals surface area contributed by atoms with Gasteiger partial charge in [0.05, 0.1) is 17.7 Å². The van der Waals surface area contributed by atoms with Crippen molar-refractivity contribution in [3.05, 3.63) is 33.3 Å². The van der Waals surface area contributed by atoms with Gasteiger partial charge in [0.15, 0.2) is 12.1 Å². The minimum atomic E-state index is -0.728. The summed E-state index contributed by atoms with van der Waals surface area (Å²) in [6.07, 6.45) is -2.55. The summed E-state index contributed by atoms with van der Waals surface area (Å²) in [6.45, 7) is 5.62. The van der Waals surface area contributed by atoms with Crippen molar-refractivity contribution >= 4 is 27.5 Å². The molecule has 3 rings (SSSR count). The van der Waals surface area contributed by atoms with Gasteiger partial charge in [0.25, 0.3) is 0 Å². The highest BCUT2D eigenvalue weighted by molar-refractivity contribution is 9.10. The molecule has 0 amide bonds. The summed E-state index contributed by atoms with van der Waals surface area (Å²) in [5, 5.41) is 10.6. The first-order valence-corrected chi connectivity index (χ1v) is 8.69.